The van der Waals surface area contributed by atoms with Gasteiger partial charge in [0.05, 0.1) is 11.3 Å². The highest BCUT2D eigenvalue weighted by atomic mass is 79.9. The zero-order chi connectivity index (χ0) is 15.7. The Hall–Kier alpha value is -1.72. The summed E-state index contributed by atoms with van der Waals surface area (Å²) in [6.45, 7) is 3.68. The first-order valence-electron chi connectivity index (χ1n) is 6.15. The number of nitrogens with one attached hydrogen (secondary N) is 1. The van der Waals surface area contributed by atoms with Gasteiger partial charge in [0, 0.05) is 20.9 Å². The van der Waals surface area contributed by atoms with Crippen LogP contribution < -0.4 is 11.1 Å². The highest BCUT2D eigenvalue weighted by Gasteiger charge is 2.13. The van der Waals surface area contributed by atoms with Gasteiger partial charge in [0.25, 0.3) is 0 Å². The van der Waals surface area contributed by atoms with Gasteiger partial charge in [-0.1, -0.05) is 11.6 Å². The van der Waals surface area contributed by atoms with Crippen molar-refractivity contribution < 1.29 is 9.90 Å². The first-order valence-corrected chi connectivity index (χ1v) is 7.32. The Bertz CT molecular complexity index is 732. The quantitative estimate of drug-likeness (QED) is 0.683. The largest absolute Gasteiger partial charge is 0.478 e. The van der Waals surface area contributed by atoms with Crippen LogP contribution in [0.3, 0.4) is 0 Å². The smallest absolute Gasteiger partial charge is 0.337 e. The van der Waals surface area contributed by atoms with Crippen LogP contribution >= 0.6 is 27.5 Å². The summed E-state index contributed by atoms with van der Waals surface area (Å²) in [7, 11) is 0. The molecule has 2 aromatic rings. The number of nitrogens with two attached hydrogens (primary N) is 1. The van der Waals surface area contributed by atoms with Gasteiger partial charge in [0.15, 0.2) is 0 Å². The maximum atomic E-state index is 11.2. The monoisotopic (exact) mass is 368 g/mol. The number of nitrogen functional groups attached to an aromatic ring is 1. The molecule has 110 valence electrons. The summed E-state index contributed by atoms with van der Waals surface area (Å²) in [4.78, 5) is 11.2. The minimum atomic E-state index is -1.06. The van der Waals surface area contributed by atoms with Crippen molar-refractivity contribution in [3.05, 3.63) is 50.5 Å². The first-order chi connectivity index (χ1) is 9.79. The fraction of sp³-hybridized carbons (Fsp3) is 0.133. The number of carboxylic acid groups (broad SMARTS) is 1. The molecule has 0 atom stereocenters. The zero-order valence-electron chi connectivity index (χ0n) is 11.5. The van der Waals surface area contributed by atoms with E-state index in [4.69, 9.17) is 17.3 Å². The van der Waals surface area contributed by atoms with Crippen molar-refractivity contribution >= 4 is 50.6 Å². The molecule has 6 heteroatoms. The van der Waals surface area contributed by atoms with E-state index in [1.807, 2.05) is 13.0 Å². The predicted molar refractivity (Wildman–Crippen MR) is 89.7 cm³/mol. The number of aryl methyl sites for hydroxylation is 2. The molecule has 0 spiro atoms. The van der Waals surface area contributed by atoms with Crippen LogP contribution in [0.1, 0.15) is 21.5 Å². The molecule has 0 aliphatic heterocycles. The van der Waals surface area contributed by atoms with Gasteiger partial charge in [-0.15, -0.1) is 0 Å². The third-order valence-electron chi connectivity index (χ3n) is 3.14. The molecule has 0 fully saturated rings. The van der Waals surface area contributed by atoms with Gasteiger partial charge in [-0.2, -0.15) is 0 Å². The number of hydrogen-bond donors (Lipinski definition) is 3. The topological polar surface area (TPSA) is 75.3 Å². The molecule has 0 aromatic heterocycles. The number of aromatic carboxylic acids is 1. The lowest BCUT2D eigenvalue weighted by molar-refractivity contribution is 0.0698. The van der Waals surface area contributed by atoms with Crippen LogP contribution in [-0.4, -0.2) is 11.1 Å². The van der Waals surface area contributed by atoms with E-state index in [2.05, 4.69) is 21.2 Å². The summed E-state index contributed by atoms with van der Waals surface area (Å²) >= 11 is 9.57. The van der Waals surface area contributed by atoms with Crippen molar-refractivity contribution in [3.8, 4) is 0 Å². The van der Waals surface area contributed by atoms with Crippen molar-refractivity contribution in [1.29, 1.82) is 0 Å². The molecule has 2 aromatic carbocycles. The number of carbonyl (C=O) groups is 1. The Balaban J connectivity index is 2.45. The lowest BCUT2D eigenvalue weighted by Crippen LogP contribution is -2.05. The highest BCUT2D eigenvalue weighted by molar-refractivity contribution is 9.10. The van der Waals surface area contributed by atoms with Crippen LogP contribution in [0, 0.1) is 13.8 Å². The summed E-state index contributed by atoms with van der Waals surface area (Å²) in [5, 5.41) is 13.0. The minimum absolute atomic E-state index is 0.0758. The molecule has 0 aliphatic rings. The molecule has 0 amide bonds. The van der Waals surface area contributed by atoms with Gasteiger partial charge in [0.2, 0.25) is 0 Å². The van der Waals surface area contributed by atoms with Crippen molar-refractivity contribution in [2.24, 2.45) is 0 Å². The fourth-order valence-electron chi connectivity index (χ4n) is 1.95. The average molecular weight is 370 g/mol. The van der Waals surface area contributed by atoms with E-state index < -0.39 is 5.97 Å². The second kappa shape index (κ2) is 5.95. The Labute approximate surface area is 136 Å². The number of rotatable bonds is 3. The molecule has 0 heterocycles. The molecular weight excluding hydrogens is 356 g/mol. The highest BCUT2D eigenvalue weighted by Crippen LogP contribution is 2.32. The maximum absolute atomic E-state index is 11.2. The van der Waals surface area contributed by atoms with E-state index in [1.165, 1.54) is 6.07 Å². The molecule has 2 rings (SSSR count). The minimum Gasteiger partial charge on any atom is -0.478 e. The molecule has 0 saturated carbocycles. The van der Waals surface area contributed by atoms with Crippen molar-refractivity contribution in [2.45, 2.75) is 13.8 Å². The van der Waals surface area contributed by atoms with E-state index in [9.17, 15) is 9.90 Å². The Morgan fingerprint density at radius 2 is 1.90 bits per heavy atom. The lowest BCUT2D eigenvalue weighted by Gasteiger charge is -2.13. The van der Waals surface area contributed by atoms with Gasteiger partial charge in [-0.25, -0.2) is 4.79 Å². The van der Waals surface area contributed by atoms with Crippen molar-refractivity contribution in [3.63, 3.8) is 0 Å². The molecule has 0 bridgehead atoms. The van der Waals surface area contributed by atoms with Crippen LogP contribution in [-0.2, 0) is 0 Å². The SMILES string of the molecule is Cc1cc(Br)c(Nc2cc(C)c(N)c(C(=O)O)c2)cc1Cl. The number of hydrogen-bond acceptors (Lipinski definition) is 3. The third kappa shape index (κ3) is 3.31. The van der Waals surface area contributed by atoms with E-state index in [0.717, 1.165) is 15.7 Å². The second-order valence-corrected chi connectivity index (χ2v) is 6.03. The molecule has 4 nitrogen and oxygen atoms in total. The first kappa shape index (κ1) is 15.7. The molecular formula is C15H14BrClN2O2. The number of halogens is 2. The zero-order valence-corrected chi connectivity index (χ0v) is 13.8. The second-order valence-electron chi connectivity index (χ2n) is 4.77. The third-order valence-corrected chi connectivity index (χ3v) is 4.21. The van der Waals surface area contributed by atoms with Crippen molar-refractivity contribution in [2.75, 3.05) is 11.1 Å². The molecule has 0 saturated heterocycles. The molecule has 21 heavy (non-hydrogen) atoms. The van der Waals surface area contributed by atoms with Crippen LogP contribution in [0.15, 0.2) is 28.7 Å². The summed E-state index contributed by atoms with van der Waals surface area (Å²) in [5.41, 5.74) is 9.18. The summed E-state index contributed by atoms with van der Waals surface area (Å²) in [5.74, 6) is -1.06. The number of anilines is 3. The van der Waals surface area contributed by atoms with Gasteiger partial charge >= 0.3 is 5.97 Å². The number of carboxylic acids is 1. The summed E-state index contributed by atoms with van der Waals surface area (Å²) in [6.07, 6.45) is 0. The van der Waals surface area contributed by atoms with E-state index in [-0.39, 0.29) is 11.3 Å². The van der Waals surface area contributed by atoms with Gasteiger partial charge in [0.1, 0.15) is 0 Å². The van der Waals surface area contributed by atoms with Crippen LogP contribution in [0.5, 0.6) is 0 Å². The molecule has 4 N–H and O–H groups in total. The van der Waals surface area contributed by atoms with Crippen LogP contribution in [0.2, 0.25) is 5.02 Å². The summed E-state index contributed by atoms with van der Waals surface area (Å²) < 4.78 is 0.843. The van der Waals surface area contributed by atoms with E-state index in [0.29, 0.717) is 16.3 Å². The molecule has 0 unspecified atom stereocenters. The predicted octanol–water partition coefficient (Wildman–Crippen LogP) is 4.74. The molecule has 0 radical (unpaired) electrons. The Morgan fingerprint density at radius 1 is 1.24 bits per heavy atom. The fourth-order valence-corrected chi connectivity index (χ4v) is 2.67. The van der Waals surface area contributed by atoms with Gasteiger partial charge < -0.3 is 16.2 Å². The van der Waals surface area contributed by atoms with E-state index in [1.54, 1.807) is 19.1 Å². The Morgan fingerprint density at radius 3 is 2.52 bits per heavy atom. The molecule has 0 aliphatic carbocycles. The van der Waals surface area contributed by atoms with Crippen LogP contribution in [0.4, 0.5) is 17.1 Å². The summed E-state index contributed by atoms with van der Waals surface area (Å²) in [6, 6.07) is 6.98. The van der Waals surface area contributed by atoms with Crippen molar-refractivity contribution in [1.82, 2.24) is 0 Å². The van der Waals surface area contributed by atoms with Crippen LogP contribution in [0.25, 0.3) is 0 Å². The maximum Gasteiger partial charge on any atom is 0.337 e. The average Bonchev–Trinajstić information content (AvgIpc) is 2.39. The number of benzene rings is 2. The van der Waals surface area contributed by atoms with Gasteiger partial charge in [-0.3, -0.25) is 0 Å². The standard InChI is InChI=1S/C15H14BrClN2O2/c1-7-4-11(16)13(6-12(7)17)19-9-3-8(2)14(18)10(5-9)15(20)21/h3-6,19H,18H2,1-2H3,(H,20,21). The normalized spacial score (nSPS) is 10.5. The Kier molecular flexibility index (Phi) is 4.44. The van der Waals surface area contributed by atoms with Gasteiger partial charge in [-0.05, 0) is 65.2 Å². The lowest BCUT2D eigenvalue weighted by atomic mass is 10.1. The van der Waals surface area contributed by atoms with E-state index >= 15 is 0 Å².